The second-order valence-electron chi connectivity index (χ2n) is 10.3. The number of amides is 3. The number of nitrogens with one attached hydrogen (secondary N) is 1. The van der Waals surface area contributed by atoms with Gasteiger partial charge in [-0.3, -0.25) is 19.1 Å². The molecule has 176 valence electrons. The minimum Gasteiger partial charge on any atom is -0.396 e. The van der Waals surface area contributed by atoms with E-state index in [-0.39, 0.29) is 48.2 Å². The van der Waals surface area contributed by atoms with Crippen molar-refractivity contribution in [2.24, 2.45) is 17.1 Å². The van der Waals surface area contributed by atoms with Gasteiger partial charge in [0, 0.05) is 24.1 Å². The number of carbonyl (C=O) groups is 3. The Labute approximate surface area is 192 Å². The van der Waals surface area contributed by atoms with Gasteiger partial charge < -0.3 is 21.1 Å². The third-order valence-corrected chi connectivity index (χ3v) is 7.67. The first-order valence-electron chi connectivity index (χ1n) is 11.8. The Balaban J connectivity index is 1.32. The number of carbonyl (C=O) groups excluding carboxylic acids is 3. The summed E-state index contributed by atoms with van der Waals surface area (Å²) in [5, 5.41) is 17.8. The highest BCUT2D eigenvalue weighted by atomic mass is 16.3. The van der Waals surface area contributed by atoms with Gasteiger partial charge in [-0.1, -0.05) is 31.5 Å². The van der Waals surface area contributed by atoms with Crippen LogP contribution in [0.15, 0.2) is 24.3 Å². The Kier molecular flexibility index (Phi) is 5.39. The van der Waals surface area contributed by atoms with Gasteiger partial charge >= 0.3 is 0 Å². The van der Waals surface area contributed by atoms with Crippen molar-refractivity contribution in [1.82, 2.24) is 20.0 Å². The van der Waals surface area contributed by atoms with Crippen molar-refractivity contribution >= 4 is 28.6 Å². The Bertz CT molecular complexity index is 1110. The van der Waals surface area contributed by atoms with Crippen molar-refractivity contribution in [2.45, 2.75) is 70.1 Å². The molecule has 3 fully saturated rings. The summed E-state index contributed by atoms with van der Waals surface area (Å²) >= 11 is 0. The van der Waals surface area contributed by atoms with Crippen molar-refractivity contribution in [3.63, 3.8) is 0 Å². The predicted molar refractivity (Wildman–Crippen MR) is 121 cm³/mol. The van der Waals surface area contributed by atoms with E-state index in [1.54, 1.807) is 23.1 Å². The van der Waals surface area contributed by atoms with E-state index < -0.39 is 11.9 Å². The van der Waals surface area contributed by atoms with Crippen LogP contribution in [-0.2, 0) is 16.1 Å². The maximum absolute atomic E-state index is 13.4. The second-order valence-corrected chi connectivity index (χ2v) is 10.3. The van der Waals surface area contributed by atoms with Gasteiger partial charge in [0.15, 0.2) is 5.69 Å². The van der Waals surface area contributed by atoms with E-state index in [4.69, 9.17) is 5.73 Å². The number of para-hydroxylation sites is 1. The summed E-state index contributed by atoms with van der Waals surface area (Å²) in [6, 6.07) is 6.81. The van der Waals surface area contributed by atoms with Gasteiger partial charge in [-0.2, -0.15) is 5.10 Å². The summed E-state index contributed by atoms with van der Waals surface area (Å²) in [6.45, 7) is 2.12. The van der Waals surface area contributed by atoms with Crippen LogP contribution in [0.4, 0.5) is 0 Å². The van der Waals surface area contributed by atoms with Crippen molar-refractivity contribution in [2.75, 3.05) is 6.61 Å². The maximum atomic E-state index is 13.4. The minimum atomic E-state index is -0.638. The average molecular weight is 454 g/mol. The number of likely N-dealkylation sites (tertiary alicyclic amines) is 1. The number of hydrogen-bond donors (Lipinski definition) is 3. The van der Waals surface area contributed by atoms with Crippen LogP contribution in [0.1, 0.15) is 55.9 Å². The molecular formula is C24H31N5O4. The summed E-state index contributed by atoms with van der Waals surface area (Å²) in [5.74, 6) is -0.547. The number of aliphatic hydroxyl groups is 1. The van der Waals surface area contributed by atoms with E-state index >= 15 is 0 Å². The monoisotopic (exact) mass is 453 g/mol. The van der Waals surface area contributed by atoms with Crippen LogP contribution in [0.3, 0.4) is 0 Å². The van der Waals surface area contributed by atoms with Crippen LogP contribution in [0, 0.1) is 11.3 Å². The number of fused-ring (bicyclic) bond motifs is 2. The van der Waals surface area contributed by atoms with Gasteiger partial charge in [0.2, 0.25) is 11.8 Å². The molecule has 0 unspecified atom stereocenters. The highest BCUT2D eigenvalue weighted by Crippen LogP contribution is 2.48. The van der Waals surface area contributed by atoms with Crippen LogP contribution < -0.4 is 11.1 Å². The first-order valence-corrected chi connectivity index (χ1v) is 11.8. The lowest BCUT2D eigenvalue weighted by Gasteiger charge is -2.38. The van der Waals surface area contributed by atoms with Crippen LogP contribution in [-0.4, -0.2) is 62.2 Å². The molecule has 0 bridgehead atoms. The number of rotatable bonds is 6. The fraction of sp³-hybridized carbons (Fsp3) is 0.583. The van der Waals surface area contributed by atoms with Gasteiger partial charge in [0.1, 0.15) is 12.6 Å². The normalized spacial score (nSPS) is 30.8. The van der Waals surface area contributed by atoms with E-state index in [0.717, 1.165) is 32.1 Å². The topological polar surface area (TPSA) is 131 Å². The number of aliphatic hydroxyl groups excluding tert-OH is 1. The zero-order valence-electron chi connectivity index (χ0n) is 18.9. The van der Waals surface area contributed by atoms with Gasteiger partial charge in [0.25, 0.3) is 5.91 Å². The Morgan fingerprint density at radius 3 is 2.82 bits per heavy atom. The molecule has 2 aliphatic carbocycles. The minimum absolute atomic E-state index is 0.0189. The molecule has 5 rings (SSSR count). The maximum Gasteiger partial charge on any atom is 0.269 e. The molecule has 0 spiro atoms. The molecule has 33 heavy (non-hydrogen) atoms. The number of nitrogens with zero attached hydrogens (tertiary/aromatic N) is 3. The fourth-order valence-corrected chi connectivity index (χ4v) is 5.83. The molecule has 2 aromatic rings. The highest BCUT2D eigenvalue weighted by molar-refractivity contribution is 6.04. The number of nitrogens with two attached hydrogens (primary N) is 1. The second kappa shape index (κ2) is 8.13. The predicted octanol–water partition coefficient (Wildman–Crippen LogP) is 1.18. The molecule has 1 aromatic heterocycles. The molecule has 4 N–H and O–H groups in total. The van der Waals surface area contributed by atoms with Crippen LogP contribution in [0.25, 0.3) is 10.9 Å². The molecule has 1 aliphatic heterocycles. The van der Waals surface area contributed by atoms with Gasteiger partial charge in [-0.25, -0.2) is 0 Å². The van der Waals surface area contributed by atoms with E-state index in [1.807, 2.05) is 6.07 Å². The summed E-state index contributed by atoms with van der Waals surface area (Å²) in [5.41, 5.74) is 6.12. The molecule has 5 atom stereocenters. The zero-order chi connectivity index (χ0) is 23.3. The number of primary amides is 1. The lowest BCUT2D eigenvalue weighted by atomic mass is 9.74. The molecule has 3 amide bonds. The molecule has 9 nitrogen and oxygen atoms in total. The lowest BCUT2D eigenvalue weighted by Crippen LogP contribution is -2.52. The van der Waals surface area contributed by atoms with Crippen molar-refractivity contribution < 1.29 is 19.5 Å². The molecule has 1 aromatic carbocycles. The summed E-state index contributed by atoms with van der Waals surface area (Å²) in [4.78, 5) is 40.1. The number of piperidine rings is 1. The number of benzene rings is 1. The van der Waals surface area contributed by atoms with E-state index in [1.165, 1.54) is 4.68 Å². The van der Waals surface area contributed by atoms with Gasteiger partial charge in [-0.05, 0) is 49.5 Å². The van der Waals surface area contributed by atoms with Crippen molar-refractivity contribution in [1.29, 1.82) is 0 Å². The zero-order valence-corrected chi connectivity index (χ0v) is 18.9. The van der Waals surface area contributed by atoms with Gasteiger partial charge in [-0.15, -0.1) is 0 Å². The van der Waals surface area contributed by atoms with E-state index in [2.05, 4.69) is 17.3 Å². The molecular weight excluding hydrogens is 422 g/mol. The SMILES string of the molecule is C[C@]1(CO)CCC[C@@H](NC(=O)[C@@H]2C[C@H]3C[C@H]3N2C(=O)Cn2nc(C(N)=O)c3ccccc32)C1. The third kappa shape index (κ3) is 3.99. The fourth-order valence-electron chi connectivity index (χ4n) is 5.83. The molecule has 0 radical (unpaired) electrons. The Morgan fingerprint density at radius 2 is 2.06 bits per heavy atom. The van der Waals surface area contributed by atoms with E-state index in [0.29, 0.717) is 23.2 Å². The molecule has 2 heterocycles. The van der Waals surface area contributed by atoms with Gasteiger partial charge in [0.05, 0.1) is 5.52 Å². The first kappa shape index (κ1) is 21.9. The summed E-state index contributed by atoms with van der Waals surface area (Å²) in [6.07, 6.45) is 5.17. The van der Waals surface area contributed by atoms with Crippen LogP contribution in [0.5, 0.6) is 0 Å². The summed E-state index contributed by atoms with van der Waals surface area (Å²) in [7, 11) is 0. The summed E-state index contributed by atoms with van der Waals surface area (Å²) < 4.78 is 1.51. The smallest absolute Gasteiger partial charge is 0.269 e. The quantitative estimate of drug-likeness (QED) is 0.605. The highest BCUT2D eigenvalue weighted by Gasteiger charge is 2.56. The standard InChI is InChI=1S/C24H31N5O4/c1-24(13-30)8-4-5-15(11-24)26-23(33)19-10-14-9-18(14)29(19)20(31)12-28-17-7-3-2-6-16(17)21(27-28)22(25)32/h2-3,6-7,14-15,18-19,30H,4-5,8-13H2,1H3,(H2,25,32)(H,26,33)/t14-,15-,18-,19+,24+/m1/s1. The van der Waals surface area contributed by atoms with Crippen LogP contribution in [0.2, 0.25) is 0 Å². The van der Waals surface area contributed by atoms with Crippen LogP contribution >= 0.6 is 0 Å². The first-order chi connectivity index (χ1) is 15.8. The molecule has 1 saturated heterocycles. The Morgan fingerprint density at radius 1 is 1.27 bits per heavy atom. The Hall–Kier alpha value is -2.94. The average Bonchev–Trinajstić information content (AvgIpc) is 3.29. The molecule has 9 heteroatoms. The lowest BCUT2D eigenvalue weighted by molar-refractivity contribution is -0.140. The largest absolute Gasteiger partial charge is 0.396 e. The number of aromatic nitrogens is 2. The molecule has 2 saturated carbocycles. The van der Waals surface area contributed by atoms with Crippen molar-refractivity contribution in [3.8, 4) is 0 Å². The van der Waals surface area contributed by atoms with E-state index in [9.17, 15) is 19.5 Å². The third-order valence-electron chi connectivity index (χ3n) is 7.67. The number of hydrogen-bond acceptors (Lipinski definition) is 5. The van der Waals surface area contributed by atoms with Crippen molar-refractivity contribution in [3.05, 3.63) is 30.0 Å². The molecule has 3 aliphatic rings.